The molecule has 9 aromatic rings. The van der Waals surface area contributed by atoms with E-state index in [4.69, 9.17) is 0 Å². The van der Waals surface area contributed by atoms with Crippen molar-refractivity contribution in [3.8, 4) is 44.5 Å². The van der Waals surface area contributed by atoms with E-state index in [0.29, 0.717) is 0 Å². The Morgan fingerprint density at radius 2 is 0.816 bits per heavy atom. The van der Waals surface area contributed by atoms with Crippen LogP contribution < -0.4 is 0 Å². The molecule has 0 heteroatoms. The first-order valence-corrected chi connectivity index (χ1v) is 17.3. The summed E-state index contributed by atoms with van der Waals surface area (Å²) in [5, 5.41) is 10.2. The van der Waals surface area contributed by atoms with Gasteiger partial charge < -0.3 is 0 Å². The van der Waals surface area contributed by atoms with E-state index >= 15 is 0 Å². The predicted octanol–water partition coefficient (Wildman–Crippen LogP) is 13.6. The third-order valence-corrected chi connectivity index (χ3v) is 11.1. The summed E-state index contributed by atoms with van der Waals surface area (Å²) in [5.74, 6) is 0. The molecule has 0 heterocycles. The predicted molar refractivity (Wildman–Crippen MR) is 210 cm³/mol. The van der Waals surface area contributed by atoms with Crippen molar-refractivity contribution in [1.82, 2.24) is 0 Å². The van der Waals surface area contributed by atoms with Crippen LogP contribution in [0.1, 0.15) is 25.0 Å². The zero-order valence-corrected chi connectivity index (χ0v) is 27.7. The van der Waals surface area contributed by atoms with Gasteiger partial charge in [-0.1, -0.05) is 172 Å². The first-order valence-electron chi connectivity index (χ1n) is 17.3. The summed E-state index contributed by atoms with van der Waals surface area (Å²) in [4.78, 5) is 0. The van der Waals surface area contributed by atoms with Crippen molar-refractivity contribution >= 4 is 43.1 Å². The summed E-state index contributed by atoms with van der Waals surface area (Å²) in [7, 11) is 0. The minimum absolute atomic E-state index is 0.0394. The minimum Gasteiger partial charge on any atom is -0.0619 e. The molecule has 0 atom stereocenters. The van der Waals surface area contributed by atoms with Crippen LogP contribution in [0.15, 0.2) is 170 Å². The maximum atomic E-state index is 2.44. The molecule has 0 bridgehead atoms. The summed E-state index contributed by atoms with van der Waals surface area (Å²) >= 11 is 0. The monoisotopic (exact) mass is 622 g/mol. The van der Waals surface area contributed by atoms with E-state index in [1.807, 2.05) is 0 Å². The van der Waals surface area contributed by atoms with Gasteiger partial charge in [-0.15, -0.1) is 0 Å². The van der Waals surface area contributed by atoms with Gasteiger partial charge in [-0.2, -0.15) is 0 Å². The molecule has 0 saturated carbocycles. The minimum atomic E-state index is -0.0394. The van der Waals surface area contributed by atoms with Gasteiger partial charge in [0.1, 0.15) is 0 Å². The highest BCUT2D eigenvalue weighted by atomic mass is 14.4. The molecule has 0 fully saturated rings. The van der Waals surface area contributed by atoms with Crippen LogP contribution in [0.5, 0.6) is 0 Å². The highest BCUT2D eigenvalue weighted by Crippen LogP contribution is 2.51. The first kappa shape index (κ1) is 28.1. The lowest BCUT2D eigenvalue weighted by Gasteiger charge is -2.22. The third kappa shape index (κ3) is 4.11. The van der Waals surface area contributed by atoms with Gasteiger partial charge >= 0.3 is 0 Å². The van der Waals surface area contributed by atoms with Gasteiger partial charge in [-0.3, -0.25) is 0 Å². The Bertz CT molecular complexity index is 2740. The van der Waals surface area contributed by atoms with Crippen molar-refractivity contribution in [2.45, 2.75) is 19.3 Å². The van der Waals surface area contributed by atoms with Crippen LogP contribution in [-0.2, 0) is 5.41 Å². The number of rotatable bonds is 3. The number of benzene rings is 9. The van der Waals surface area contributed by atoms with Gasteiger partial charge in [-0.25, -0.2) is 0 Å². The highest BCUT2D eigenvalue weighted by molar-refractivity contribution is 6.24. The van der Waals surface area contributed by atoms with E-state index in [2.05, 4.69) is 184 Å². The molecule has 10 rings (SSSR count). The van der Waals surface area contributed by atoms with E-state index < -0.39 is 0 Å². The van der Waals surface area contributed by atoms with Crippen molar-refractivity contribution in [1.29, 1.82) is 0 Å². The molecule has 0 N–H and O–H groups in total. The van der Waals surface area contributed by atoms with E-state index in [-0.39, 0.29) is 5.41 Å². The molecule has 0 spiro atoms. The van der Waals surface area contributed by atoms with Crippen LogP contribution in [-0.4, -0.2) is 0 Å². The lowest BCUT2D eigenvalue weighted by Crippen LogP contribution is -2.14. The van der Waals surface area contributed by atoms with E-state index in [1.165, 1.54) is 98.7 Å². The SMILES string of the molecule is CC1(C)c2ccccc2-c2ccc(-c3cccc4c(-c5c6ccccc6c(-c6ccc7ccccc7c6)c6ccccc56)cccc34)cc21. The normalized spacial score (nSPS) is 13.3. The molecule has 1 aliphatic carbocycles. The van der Waals surface area contributed by atoms with Gasteiger partial charge in [0.25, 0.3) is 0 Å². The average molecular weight is 623 g/mol. The van der Waals surface area contributed by atoms with Gasteiger partial charge in [0.05, 0.1) is 0 Å². The van der Waals surface area contributed by atoms with Gasteiger partial charge in [0.15, 0.2) is 0 Å². The van der Waals surface area contributed by atoms with E-state index in [0.717, 1.165) is 0 Å². The van der Waals surface area contributed by atoms with Crippen LogP contribution in [0.2, 0.25) is 0 Å². The first-order chi connectivity index (χ1) is 24.1. The molecule has 9 aromatic carbocycles. The number of hydrogen-bond donors (Lipinski definition) is 0. The Morgan fingerprint density at radius 3 is 1.55 bits per heavy atom. The molecule has 0 unspecified atom stereocenters. The van der Waals surface area contributed by atoms with Gasteiger partial charge in [0, 0.05) is 5.41 Å². The van der Waals surface area contributed by atoms with E-state index in [9.17, 15) is 0 Å². The fourth-order valence-electron chi connectivity index (χ4n) is 8.73. The van der Waals surface area contributed by atoms with Gasteiger partial charge in [0.2, 0.25) is 0 Å². The summed E-state index contributed by atoms with van der Waals surface area (Å²) in [6, 6.07) is 63.2. The van der Waals surface area contributed by atoms with Crippen molar-refractivity contribution in [3.05, 3.63) is 181 Å². The van der Waals surface area contributed by atoms with Crippen LogP contribution in [0, 0.1) is 0 Å². The molecule has 0 nitrogen and oxygen atoms in total. The van der Waals surface area contributed by atoms with Crippen LogP contribution in [0.3, 0.4) is 0 Å². The lowest BCUT2D eigenvalue weighted by atomic mass is 9.81. The topological polar surface area (TPSA) is 0 Å². The Labute approximate surface area is 286 Å². The average Bonchev–Trinajstić information content (AvgIpc) is 3.38. The molecular formula is C49H34. The maximum absolute atomic E-state index is 2.44. The molecule has 230 valence electrons. The van der Waals surface area contributed by atoms with Gasteiger partial charge in [-0.05, 0) is 111 Å². The van der Waals surface area contributed by atoms with Crippen LogP contribution >= 0.6 is 0 Å². The Hall–Kier alpha value is -5.98. The summed E-state index contributed by atoms with van der Waals surface area (Å²) in [5.41, 5.74) is 13.1. The molecule has 0 radical (unpaired) electrons. The fraction of sp³-hybridized carbons (Fsp3) is 0.0612. The third-order valence-electron chi connectivity index (χ3n) is 11.1. The molecular weight excluding hydrogens is 589 g/mol. The second-order valence-corrected chi connectivity index (χ2v) is 14.0. The Kier molecular flexibility index (Phi) is 6.02. The molecule has 49 heavy (non-hydrogen) atoms. The van der Waals surface area contributed by atoms with Crippen LogP contribution in [0.4, 0.5) is 0 Å². The summed E-state index contributed by atoms with van der Waals surface area (Å²) < 4.78 is 0. The van der Waals surface area contributed by atoms with Crippen molar-refractivity contribution in [2.75, 3.05) is 0 Å². The number of fused-ring (bicyclic) bond motifs is 7. The van der Waals surface area contributed by atoms with Crippen molar-refractivity contribution in [2.24, 2.45) is 0 Å². The van der Waals surface area contributed by atoms with Crippen molar-refractivity contribution < 1.29 is 0 Å². The van der Waals surface area contributed by atoms with Crippen molar-refractivity contribution in [3.63, 3.8) is 0 Å². The second-order valence-electron chi connectivity index (χ2n) is 14.0. The largest absolute Gasteiger partial charge is 0.0619 e. The number of hydrogen-bond acceptors (Lipinski definition) is 0. The summed E-state index contributed by atoms with van der Waals surface area (Å²) in [6.45, 7) is 4.72. The zero-order chi connectivity index (χ0) is 32.7. The Balaban J connectivity index is 1.21. The summed E-state index contributed by atoms with van der Waals surface area (Å²) in [6.07, 6.45) is 0. The molecule has 0 amide bonds. The standard InChI is InChI=1S/C49H34/c1-49(2)45-24-10-9-15-38(45)39-28-27-33(30-46(39)49)35-20-11-22-37-36(35)21-12-23-40(37)48-43-18-7-5-16-41(43)47(42-17-6-8-19-44(42)48)34-26-25-31-13-3-4-14-32(31)29-34/h3-30H,1-2H3. The molecule has 0 aliphatic heterocycles. The smallest absolute Gasteiger partial charge is 0.0159 e. The second kappa shape index (κ2) is 10.5. The van der Waals surface area contributed by atoms with Crippen LogP contribution in [0.25, 0.3) is 87.6 Å². The lowest BCUT2D eigenvalue weighted by molar-refractivity contribution is 0.660. The Morgan fingerprint density at radius 1 is 0.306 bits per heavy atom. The quantitative estimate of drug-likeness (QED) is 0.172. The molecule has 0 aromatic heterocycles. The maximum Gasteiger partial charge on any atom is 0.0159 e. The fourth-order valence-corrected chi connectivity index (χ4v) is 8.73. The molecule has 0 saturated heterocycles. The van der Waals surface area contributed by atoms with E-state index in [1.54, 1.807) is 0 Å². The highest BCUT2D eigenvalue weighted by Gasteiger charge is 2.35. The molecule has 1 aliphatic rings. The zero-order valence-electron chi connectivity index (χ0n) is 27.7.